The van der Waals surface area contributed by atoms with E-state index in [1.165, 1.54) is 24.0 Å². The van der Waals surface area contributed by atoms with Crippen LogP contribution < -0.4 is 10.5 Å². The van der Waals surface area contributed by atoms with E-state index >= 15 is 0 Å². The molecule has 0 aliphatic heterocycles. The molecular weight excluding hydrogens is 244 g/mol. The molecule has 3 rings (SSSR count). The zero-order chi connectivity index (χ0) is 12.4. The molecule has 0 radical (unpaired) electrons. The van der Waals surface area contributed by atoms with Gasteiger partial charge in [-0.25, -0.2) is 4.98 Å². The highest BCUT2D eigenvalue weighted by Gasteiger charge is 2.26. The number of benzene rings is 1. The van der Waals surface area contributed by atoms with E-state index in [-0.39, 0.29) is 0 Å². The monoisotopic (exact) mass is 262 g/mol. The van der Waals surface area contributed by atoms with Gasteiger partial charge in [-0.1, -0.05) is 29.9 Å². The van der Waals surface area contributed by atoms with Crippen molar-refractivity contribution in [2.24, 2.45) is 17.6 Å². The van der Waals surface area contributed by atoms with E-state index in [1.54, 1.807) is 11.3 Å². The molecule has 0 spiro atoms. The smallest absolute Gasteiger partial charge is 0.274 e. The molecule has 0 bridgehead atoms. The minimum Gasteiger partial charge on any atom is -0.470 e. The standard InChI is InChI=1S/C14H18N2OS/c15-8-10-4-3-5-11(10)9-17-14-16-12-6-1-2-7-13(12)18-14/h1-2,6-7,10-11H,3-5,8-9,15H2. The SMILES string of the molecule is NCC1CCCC1COc1nc2ccccc2s1. The lowest BCUT2D eigenvalue weighted by atomic mass is 9.97. The Balaban J connectivity index is 1.66. The number of rotatable bonds is 4. The van der Waals surface area contributed by atoms with Crippen LogP contribution in [0.3, 0.4) is 0 Å². The van der Waals surface area contributed by atoms with Crippen LogP contribution in [0.25, 0.3) is 10.2 Å². The van der Waals surface area contributed by atoms with Crippen LogP contribution in [0.1, 0.15) is 19.3 Å². The number of aromatic nitrogens is 1. The van der Waals surface area contributed by atoms with Crippen molar-refractivity contribution in [1.29, 1.82) is 0 Å². The van der Waals surface area contributed by atoms with Gasteiger partial charge in [-0.3, -0.25) is 0 Å². The second-order valence-electron chi connectivity index (χ2n) is 4.95. The molecule has 2 atom stereocenters. The highest BCUT2D eigenvalue weighted by Crippen LogP contribution is 2.33. The van der Waals surface area contributed by atoms with Crippen LogP contribution in [0, 0.1) is 11.8 Å². The summed E-state index contributed by atoms with van der Waals surface area (Å²) in [5, 5.41) is 0.791. The van der Waals surface area contributed by atoms with Gasteiger partial charge in [-0.2, -0.15) is 0 Å². The summed E-state index contributed by atoms with van der Waals surface area (Å²) in [5.74, 6) is 1.25. The van der Waals surface area contributed by atoms with Crippen LogP contribution in [-0.4, -0.2) is 18.1 Å². The molecule has 1 aliphatic carbocycles. The average molecular weight is 262 g/mol. The Bertz CT molecular complexity index is 492. The molecule has 0 saturated heterocycles. The van der Waals surface area contributed by atoms with Crippen molar-refractivity contribution < 1.29 is 4.74 Å². The molecule has 1 aromatic heterocycles. The van der Waals surface area contributed by atoms with E-state index in [0.717, 1.165) is 23.9 Å². The Kier molecular flexibility index (Phi) is 3.48. The summed E-state index contributed by atoms with van der Waals surface area (Å²) in [4.78, 5) is 4.49. The summed E-state index contributed by atoms with van der Waals surface area (Å²) in [6.07, 6.45) is 3.78. The number of nitrogens with two attached hydrogens (primary N) is 1. The maximum absolute atomic E-state index is 5.86. The zero-order valence-corrected chi connectivity index (χ0v) is 11.2. The van der Waals surface area contributed by atoms with Crippen LogP contribution in [-0.2, 0) is 0 Å². The average Bonchev–Trinajstić information content (AvgIpc) is 3.01. The fourth-order valence-electron chi connectivity index (χ4n) is 2.73. The van der Waals surface area contributed by atoms with Crippen LogP contribution >= 0.6 is 11.3 Å². The van der Waals surface area contributed by atoms with Crippen molar-refractivity contribution >= 4 is 21.6 Å². The Labute approximate surface area is 111 Å². The molecule has 18 heavy (non-hydrogen) atoms. The fraction of sp³-hybridized carbons (Fsp3) is 0.500. The van der Waals surface area contributed by atoms with Crippen molar-refractivity contribution in [3.63, 3.8) is 0 Å². The minimum atomic E-state index is 0.613. The first-order valence-electron chi connectivity index (χ1n) is 6.55. The zero-order valence-electron chi connectivity index (χ0n) is 10.3. The van der Waals surface area contributed by atoms with Crippen LogP contribution in [0.5, 0.6) is 5.19 Å². The summed E-state index contributed by atoms with van der Waals surface area (Å²) < 4.78 is 7.05. The Morgan fingerprint density at radius 3 is 2.94 bits per heavy atom. The topological polar surface area (TPSA) is 48.1 Å². The predicted octanol–water partition coefficient (Wildman–Crippen LogP) is 3.05. The van der Waals surface area contributed by atoms with Crippen molar-refractivity contribution in [1.82, 2.24) is 4.98 Å². The lowest BCUT2D eigenvalue weighted by Gasteiger charge is -2.16. The Morgan fingerprint density at radius 2 is 2.11 bits per heavy atom. The minimum absolute atomic E-state index is 0.613. The second-order valence-corrected chi connectivity index (χ2v) is 5.94. The third kappa shape index (κ3) is 2.35. The van der Waals surface area contributed by atoms with Crippen LogP contribution in [0.15, 0.2) is 24.3 Å². The Morgan fingerprint density at radius 1 is 1.28 bits per heavy atom. The van der Waals surface area contributed by atoms with E-state index < -0.39 is 0 Å². The quantitative estimate of drug-likeness (QED) is 0.921. The number of nitrogens with zero attached hydrogens (tertiary/aromatic N) is 1. The maximum atomic E-state index is 5.86. The molecule has 0 amide bonds. The normalized spacial score (nSPS) is 23.6. The molecule has 3 nitrogen and oxygen atoms in total. The third-order valence-electron chi connectivity index (χ3n) is 3.81. The molecule has 4 heteroatoms. The molecule has 1 saturated carbocycles. The number of fused-ring (bicyclic) bond motifs is 1. The van der Waals surface area contributed by atoms with Crippen molar-refractivity contribution in [3.05, 3.63) is 24.3 Å². The van der Waals surface area contributed by atoms with E-state index in [9.17, 15) is 0 Å². The maximum Gasteiger partial charge on any atom is 0.274 e. The van der Waals surface area contributed by atoms with Gasteiger partial charge in [0, 0.05) is 0 Å². The van der Waals surface area contributed by atoms with Crippen molar-refractivity contribution in [3.8, 4) is 5.19 Å². The predicted molar refractivity (Wildman–Crippen MR) is 75.0 cm³/mol. The third-order valence-corrected chi connectivity index (χ3v) is 4.76. The second kappa shape index (κ2) is 5.24. The van der Waals surface area contributed by atoms with E-state index in [4.69, 9.17) is 10.5 Å². The van der Waals surface area contributed by atoms with Gasteiger partial charge < -0.3 is 10.5 Å². The molecule has 1 fully saturated rings. The molecule has 2 unspecified atom stereocenters. The summed E-state index contributed by atoms with van der Waals surface area (Å²) in [6.45, 7) is 1.55. The van der Waals surface area contributed by atoms with E-state index in [1.807, 2.05) is 18.2 Å². The van der Waals surface area contributed by atoms with Gasteiger partial charge in [-0.05, 0) is 43.4 Å². The summed E-state index contributed by atoms with van der Waals surface area (Å²) in [6, 6.07) is 8.15. The van der Waals surface area contributed by atoms with Gasteiger partial charge in [0.05, 0.1) is 16.8 Å². The van der Waals surface area contributed by atoms with Gasteiger partial charge in [0.2, 0.25) is 0 Å². The van der Waals surface area contributed by atoms with Gasteiger partial charge in [0.25, 0.3) is 5.19 Å². The largest absolute Gasteiger partial charge is 0.470 e. The van der Waals surface area contributed by atoms with Crippen molar-refractivity contribution in [2.75, 3.05) is 13.2 Å². The Hall–Kier alpha value is -1.13. The highest BCUT2D eigenvalue weighted by molar-refractivity contribution is 7.20. The fourth-order valence-corrected chi connectivity index (χ4v) is 3.56. The van der Waals surface area contributed by atoms with Crippen LogP contribution in [0.4, 0.5) is 0 Å². The number of ether oxygens (including phenoxy) is 1. The molecule has 96 valence electrons. The highest BCUT2D eigenvalue weighted by atomic mass is 32.1. The molecule has 2 N–H and O–H groups in total. The number of hydrogen-bond donors (Lipinski definition) is 1. The van der Waals surface area contributed by atoms with Gasteiger partial charge >= 0.3 is 0 Å². The van der Waals surface area contributed by atoms with Crippen molar-refractivity contribution in [2.45, 2.75) is 19.3 Å². The first kappa shape index (κ1) is 11.9. The molecule has 1 aromatic carbocycles. The number of thiazole rings is 1. The molecule has 1 aliphatic rings. The number of hydrogen-bond acceptors (Lipinski definition) is 4. The number of para-hydroxylation sites is 1. The first-order valence-corrected chi connectivity index (χ1v) is 7.37. The molecular formula is C14H18N2OS. The first-order chi connectivity index (χ1) is 8.86. The lowest BCUT2D eigenvalue weighted by molar-refractivity contribution is 0.216. The van der Waals surface area contributed by atoms with Crippen LogP contribution in [0.2, 0.25) is 0 Å². The molecule has 2 aromatic rings. The van der Waals surface area contributed by atoms with E-state index in [2.05, 4.69) is 11.1 Å². The van der Waals surface area contributed by atoms with E-state index in [0.29, 0.717) is 11.8 Å². The molecule has 1 heterocycles. The summed E-state index contributed by atoms with van der Waals surface area (Å²) in [7, 11) is 0. The summed E-state index contributed by atoms with van der Waals surface area (Å²) in [5.41, 5.74) is 6.81. The van der Waals surface area contributed by atoms with Gasteiger partial charge in [0.15, 0.2) is 0 Å². The van der Waals surface area contributed by atoms with Gasteiger partial charge in [0.1, 0.15) is 0 Å². The lowest BCUT2D eigenvalue weighted by Crippen LogP contribution is -2.23. The van der Waals surface area contributed by atoms with Gasteiger partial charge in [-0.15, -0.1) is 0 Å². The summed E-state index contributed by atoms with van der Waals surface area (Å²) >= 11 is 1.62.